The van der Waals surface area contributed by atoms with E-state index in [4.69, 9.17) is 0 Å². The summed E-state index contributed by atoms with van der Waals surface area (Å²) in [5.74, 6) is -0.208. The Hall–Kier alpha value is -1.62. The second kappa shape index (κ2) is 7.24. The number of amides is 2. The predicted molar refractivity (Wildman–Crippen MR) is 82.3 cm³/mol. The van der Waals surface area contributed by atoms with Gasteiger partial charge in [0.05, 0.1) is 0 Å². The van der Waals surface area contributed by atoms with Crippen molar-refractivity contribution in [3.8, 4) is 0 Å². The summed E-state index contributed by atoms with van der Waals surface area (Å²) in [7, 11) is 0. The van der Waals surface area contributed by atoms with Crippen LogP contribution in [0.1, 0.15) is 25.7 Å². The normalized spacial score (nSPS) is 13.3. The Balaban J connectivity index is 1.67. The molecule has 0 spiro atoms. The third-order valence-electron chi connectivity index (χ3n) is 3.11. The van der Waals surface area contributed by atoms with Crippen molar-refractivity contribution < 1.29 is 9.59 Å². The van der Waals surface area contributed by atoms with Gasteiger partial charge in [-0.2, -0.15) is 0 Å². The molecule has 2 rings (SSSR count). The summed E-state index contributed by atoms with van der Waals surface area (Å²) in [6, 6.07) is 7.37. The van der Waals surface area contributed by atoms with E-state index < -0.39 is 0 Å². The third-order valence-corrected chi connectivity index (χ3v) is 3.64. The van der Waals surface area contributed by atoms with E-state index in [0.29, 0.717) is 6.54 Å². The number of nitrogens with one attached hydrogen (secondary N) is 2. The fraction of sp³-hybridized carbons (Fsp3) is 0.333. The first-order valence-electron chi connectivity index (χ1n) is 6.66. The van der Waals surface area contributed by atoms with Gasteiger partial charge in [-0.15, -0.1) is 0 Å². The van der Waals surface area contributed by atoms with Crippen molar-refractivity contribution >= 4 is 33.4 Å². The molecule has 0 unspecified atom stereocenters. The fourth-order valence-electron chi connectivity index (χ4n) is 1.82. The van der Waals surface area contributed by atoms with Gasteiger partial charge in [0.2, 0.25) is 11.8 Å². The molecule has 0 atom stereocenters. The van der Waals surface area contributed by atoms with Crippen LogP contribution in [-0.4, -0.2) is 18.4 Å². The summed E-state index contributed by atoms with van der Waals surface area (Å²) in [5.41, 5.74) is 1.95. The van der Waals surface area contributed by atoms with Crippen LogP contribution in [0.4, 0.5) is 5.69 Å². The Morgan fingerprint density at radius 3 is 2.50 bits per heavy atom. The molecular weight excluding hydrogens is 320 g/mol. The molecule has 5 heteroatoms. The molecule has 0 heterocycles. The maximum atomic E-state index is 11.7. The molecule has 106 valence electrons. The number of hydrogen-bond donors (Lipinski definition) is 2. The standard InChI is InChI=1S/C15H17BrN2O2/c16-12-4-6-13(7-5-12)18-14(19)8-9-17-15(20)10-11-2-1-3-11/h4-7,10H,1-3,8-9H2,(H,17,20)(H,18,19). The maximum absolute atomic E-state index is 11.7. The zero-order chi connectivity index (χ0) is 14.4. The van der Waals surface area contributed by atoms with Gasteiger partial charge >= 0.3 is 0 Å². The Morgan fingerprint density at radius 1 is 1.20 bits per heavy atom. The van der Waals surface area contributed by atoms with Crippen molar-refractivity contribution in [3.05, 3.63) is 40.4 Å². The van der Waals surface area contributed by atoms with E-state index >= 15 is 0 Å². The molecule has 2 amide bonds. The molecule has 0 aromatic heterocycles. The second-order valence-corrected chi connectivity index (χ2v) is 5.67. The smallest absolute Gasteiger partial charge is 0.243 e. The molecule has 0 aliphatic heterocycles. The minimum atomic E-state index is -0.107. The molecule has 1 aromatic carbocycles. The zero-order valence-corrected chi connectivity index (χ0v) is 12.7. The highest BCUT2D eigenvalue weighted by Crippen LogP contribution is 2.24. The van der Waals surface area contributed by atoms with Crippen LogP contribution >= 0.6 is 15.9 Å². The molecule has 2 N–H and O–H groups in total. The van der Waals surface area contributed by atoms with Gasteiger partial charge in [0, 0.05) is 29.2 Å². The number of benzene rings is 1. The van der Waals surface area contributed by atoms with Crippen molar-refractivity contribution in [1.29, 1.82) is 0 Å². The Bertz CT molecular complexity index is 517. The van der Waals surface area contributed by atoms with Gasteiger partial charge in [-0.3, -0.25) is 9.59 Å². The van der Waals surface area contributed by atoms with Crippen LogP contribution in [0.5, 0.6) is 0 Å². The van der Waals surface area contributed by atoms with E-state index in [1.807, 2.05) is 24.3 Å². The first kappa shape index (κ1) is 14.8. The quantitative estimate of drug-likeness (QED) is 0.812. The van der Waals surface area contributed by atoms with Crippen LogP contribution in [0.15, 0.2) is 40.4 Å². The lowest BCUT2D eigenvalue weighted by Gasteiger charge is -2.15. The highest BCUT2D eigenvalue weighted by molar-refractivity contribution is 9.10. The van der Waals surface area contributed by atoms with E-state index in [0.717, 1.165) is 23.0 Å². The molecule has 0 radical (unpaired) electrons. The van der Waals surface area contributed by atoms with E-state index in [-0.39, 0.29) is 18.2 Å². The van der Waals surface area contributed by atoms with E-state index in [1.165, 1.54) is 12.0 Å². The summed E-state index contributed by atoms with van der Waals surface area (Å²) in [6.07, 6.45) is 5.14. The lowest BCUT2D eigenvalue weighted by Crippen LogP contribution is -2.26. The number of allylic oxidation sites excluding steroid dienone is 1. The van der Waals surface area contributed by atoms with Crippen molar-refractivity contribution in [2.45, 2.75) is 25.7 Å². The van der Waals surface area contributed by atoms with Crippen LogP contribution in [0.25, 0.3) is 0 Å². The molecular formula is C15H17BrN2O2. The minimum absolute atomic E-state index is 0.101. The third kappa shape index (κ3) is 4.81. The number of carbonyl (C=O) groups is 2. The van der Waals surface area contributed by atoms with Crippen LogP contribution in [0.2, 0.25) is 0 Å². The van der Waals surface area contributed by atoms with Gasteiger partial charge in [0.15, 0.2) is 0 Å². The summed E-state index contributed by atoms with van der Waals surface area (Å²) in [5, 5.41) is 5.50. The summed E-state index contributed by atoms with van der Waals surface area (Å²) >= 11 is 3.33. The Labute approximate surface area is 126 Å². The molecule has 4 nitrogen and oxygen atoms in total. The monoisotopic (exact) mass is 336 g/mol. The van der Waals surface area contributed by atoms with Crippen molar-refractivity contribution in [3.63, 3.8) is 0 Å². The van der Waals surface area contributed by atoms with Crippen molar-refractivity contribution in [2.75, 3.05) is 11.9 Å². The molecule has 0 bridgehead atoms. The van der Waals surface area contributed by atoms with Crippen molar-refractivity contribution in [1.82, 2.24) is 5.32 Å². The van der Waals surface area contributed by atoms with Gasteiger partial charge in [0.1, 0.15) is 0 Å². The molecule has 1 aromatic rings. The second-order valence-electron chi connectivity index (χ2n) is 4.75. The fourth-order valence-corrected chi connectivity index (χ4v) is 2.08. The van der Waals surface area contributed by atoms with Crippen LogP contribution in [0, 0.1) is 0 Å². The Kier molecular flexibility index (Phi) is 5.35. The maximum Gasteiger partial charge on any atom is 0.243 e. The van der Waals surface area contributed by atoms with Crippen LogP contribution in [0.3, 0.4) is 0 Å². The SMILES string of the molecule is O=C(C=C1CCC1)NCCC(=O)Nc1ccc(Br)cc1. The van der Waals surface area contributed by atoms with E-state index in [9.17, 15) is 9.59 Å². The molecule has 1 saturated carbocycles. The molecule has 1 fully saturated rings. The molecule has 20 heavy (non-hydrogen) atoms. The molecule has 1 aliphatic rings. The first-order chi connectivity index (χ1) is 9.63. The summed E-state index contributed by atoms with van der Waals surface area (Å²) in [6.45, 7) is 0.352. The number of rotatable bonds is 5. The number of hydrogen-bond acceptors (Lipinski definition) is 2. The number of halogens is 1. The summed E-state index contributed by atoms with van der Waals surface area (Å²) in [4.78, 5) is 23.2. The minimum Gasteiger partial charge on any atom is -0.352 e. The average molecular weight is 337 g/mol. The highest BCUT2D eigenvalue weighted by atomic mass is 79.9. The largest absolute Gasteiger partial charge is 0.352 e. The van der Waals surface area contributed by atoms with E-state index in [1.54, 1.807) is 6.08 Å². The molecule has 1 aliphatic carbocycles. The Morgan fingerprint density at radius 2 is 1.90 bits per heavy atom. The molecule has 0 saturated heterocycles. The lowest BCUT2D eigenvalue weighted by molar-refractivity contribution is -0.117. The van der Waals surface area contributed by atoms with Gasteiger partial charge in [-0.25, -0.2) is 0 Å². The zero-order valence-electron chi connectivity index (χ0n) is 11.1. The van der Waals surface area contributed by atoms with Crippen LogP contribution in [-0.2, 0) is 9.59 Å². The topological polar surface area (TPSA) is 58.2 Å². The van der Waals surface area contributed by atoms with Gasteiger partial charge in [-0.1, -0.05) is 21.5 Å². The lowest BCUT2D eigenvalue weighted by atomic mass is 9.92. The van der Waals surface area contributed by atoms with Crippen molar-refractivity contribution in [2.24, 2.45) is 0 Å². The highest BCUT2D eigenvalue weighted by Gasteiger charge is 2.10. The first-order valence-corrected chi connectivity index (χ1v) is 7.45. The number of anilines is 1. The number of carbonyl (C=O) groups excluding carboxylic acids is 2. The van der Waals surface area contributed by atoms with E-state index in [2.05, 4.69) is 26.6 Å². The van der Waals surface area contributed by atoms with Gasteiger partial charge in [-0.05, 0) is 43.5 Å². The average Bonchev–Trinajstić information content (AvgIpc) is 2.37. The van der Waals surface area contributed by atoms with Gasteiger partial charge in [0.25, 0.3) is 0 Å². The predicted octanol–water partition coefficient (Wildman–Crippen LogP) is 3.00. The van der Waals surface area contributed by atoms with Gasteiger partial charge < -0.3 is 10.6 Å². The van der Waals surface area contributed by atoms with Crippen LogP contribution < -0.4 is 10.6 Å². The summed E-state index contributed by atoms with van der Waals surface area (Å²) < 4.78 is 0.965.